The number of rotatable bonds is 7. The summed E-state index contributed by atoms with van der Waals surface area (Å²) in [6.07, 6.45) is 6.65. The summed E-state index contributed by atoms with van der Waals surface area (Å²) in [6, 6.07) is 59.0. The third-order valence-corrected chi connectivity index (χ3v) is 13.3. The topological polar surface area (TPSA) is 40.1 Å². The van der Waals surface area contributed by atoms with Gasteiger partial charge in [0.25, 0.3) is 0 Å². The van der Waals surface area contributed by atoms with Gasteiger partial charge in [0.15, 0.2) is 14.7 Å². The van der Waals surface area contributed by atoms with Crippen molar-refractivity contribution in [3.63, 3.8) is 0 Å². The number of hydrogen-bond donors (Lipinski definition) is 0. The van der Waals surface area contributed by atoms with Gasteiger partial charge in [0.2, 0.25) is 0 Å². The van der Waals surface area contributed by atoms with E-state index in [1.54, 1.807) is 0 Å². The van der Waals surface area contributed by atoms with Gasteiger partial charge in [-0.15, -0.1) is 0 Å². The van der Waals surface area contributed by atoms with E-state index in [1.807, 2.05) is 0 Å². The molecule has 0 radical (unpaired) electrons. The van der Waals surface area contributed by atoms with Crippen molar-refractivity contribution in [2.24, 2.45) is 23.2 Å². The highest BCUT2D eigenvalue weighted by molar-refractivity contribution is 7.97. The van der Waals surface area contributed by atoms with Crippen LogP contribution in [0.2, 0.25) is 0 Å². The average molecular weight is 671 g/mol. The summed E-state index contributed by atoms with van der Waals surface area (Å²) < 4.78 is 0. The maximum Gasteiger partial charge on any atom is 0.166 e. The Labute approximate surface area is 299 Å². The summed E-state index contributed by atoms with van der Waals surface area (Å²) >= 11 is 0. The van der Waals surface area contributed by atoms with Crippen LogP contribution in [0.25, 0.3) is 33.4 Å². The van der Waals surface area contributed by atoms with Crippen LogP contribution in [0.1, 0.15) is 38.5 Å². The molecule has 4 fully saturated rings. The van der Waals surface area contributed by atoms with Crippen molar-refractivity contribution >= 4 is 16.9 Å². The number of carboxylic acid groups (broad SMARTS) is 1. The van der Waals surface area contributed by atoms with Gasteiger partial charge in [-0.2, -0.15) is 0 Å². The molecule has 4 saturated carbocycles. The van der Waals surface area contributed by atoms with E-state index in [-0.39, 0.29) is 10.9 Å². The number of carboxylic acids is 1. The first kappa shape index (κ1) is 32.4. The fraction of sp³-hybridized carbons (Fsp3) is 0.213. The molecule has 4 aliphatic carbocycles. The summed E-state index contributed by atoms with van der Waals surface area (Å²) in [6.45, 7) is 0. The molecule has 248 valence electrons. The summed E-state index contributed by atoms with van der Waals surface area (Å²) in [7, 11) is -0.209. The molecule has 3 heteroatoms. The van der Waals surface area contributed by atoms with Gasteiger partial charge in [0.05, 0.1) is 10.9 Å². The summed E-state index contributed by atoms with van der Waals surface area (Å²) in [5, 5.41) is 11.1. The van der Waals surface area contributed by atoms with Gasteiger partial charge in [0, 0.05) is 11.4 Å². The molecule has 0 spiro atoms. The van der Waals surface area contributed by atoms with Gasteiger partial charge in [-0.3, -0.25) is 0 Å². The molecule has 6 aromatic rings. The zero-order chi connectivity index (χ0) is 33.9. The fourth-order valence-corrected chi connectivity index (χ4v) is 11.1. The molecule has 0 atom stereocenters. The zero-order valence-corrected chi connectivity index (χ0v) is 29.1. The first-order chi connectivity index (χ1) is 24.5. The highest BCUT2D eigenvalue weighted by Gasteiger charge is 2.51. The number of aliphatic carboxylic acids is 1. The second-order valence-corrected chi connectivity index (χ2v) is 16.5. The summed E-state index contributed by atoms with van der Waals surface area (Å²) in [4.78, 5) is 15.1. The Morgan fingerprint density at radius 1 is 0.420 bits per heavy atom. The van der Waals surface area contributed by atoms with Gasteiger partial charge in [-0.1, -0.05) is 91.0 Å². The molecule has 0 aromatic heterocycles. The van der Waals surface area contributed by atoms with E-state index < -0.39 is 11.4 Å². The van der Waals surface area contributed by atoms with Crippen molar-refractivity contribution in [1.29, 1.82) is 0 Å². The van der Waals surface area contributed by atoms with E-state index in [2.05, 4.69) is 164 Å². The van der Waals surface area contributed by atoms with Gasteiger partial charge < -0.3 is 9.90 Å². The zero-order valence-electron chi connectivity index (χ0n) is 28.3. The minimum absolute atomic E-state index is 0.209. The van der Waals surface area contributed by atoms with Gasteiger partial charge >= 0.3 is 0 Å². The Balaban J connectivity index is 0.000000230. The Morgan fingerprint density at radius 3 is 0.940 bits per heavy atom. The van der Waals surface area contributed by atoms with Crippen molar-refractivity contribution in [3.8, 4) is 33.4 Å². The van der Waals surface area contributed by atoms with Crippen LogP contribution in [0.4, 0.5) is 0 Å². The molecule has 0 amide bonds. The van der Waals surface area contributed by atoms with Gasteiger partial charge in [-0.05, 0) is 162 Å². The molecule has 10 rings (SSSR count). The van der Waals surface area contributed by atoms with Crippen LogP contribution in [0.5, 0.6) is 0 Å². The lowest BCUT2D eigenvalue weighted by Gasteiger charge is -2.57. The standard InChI is InChI=1S/C36H27S.C11H16O2/c1-4-10-28(11-5-1)31-16-22-34(23-17-31)37(35-24-18-32(19-25-35)29-12-6-2-7-13-29)36-26-20-33(21-27-36)30-14-8-3-9-15-30;12-10(13)11-4-7-1-8(5-11)3-9(2-7)6-11/h1-27H;7-9H,1-6H2,(H,12,13)/q+1;/p-1. The fourth-order valence-electron chi connectivity index (χ4n) is 9.01. The SMILES string of the molecule is O=C([O-])C12CC3CC(CC(C3)C1)C2.c1ccc(-c2ccc([S+](c3ccc(-c4ccccc4)cc3)c3ccc(-c4ccccc4)cc3)cc2)cc1. The minimum atomic E-state index is -0.758. The molecule has 0 N–H and O–H groups in total. The van der Waals surface area contributed by atoms with E-state index in [4.69, 9.17) is 0 Å². The lowest BCUT2D eigenvalue weighted by Crippen LogP contribution is -2.54. The van der Waals surface area contributed by atoms with E-state index >= 15 is 0 Å². The number of carbonyl (C=O) groups excluding carboxylic acids is 1. The molecular formula is C47H42O2S. The van der Waals surface area contributed by atoms with Crippen LogP contribution in [-0.4, -0.2) is 5.97 Å². The first-order valence-corrected chi connectivity index (χ1v) is 19.2. The maximum absolute atomic E-state index is 11.1. The van der Waals surface area contributed by atoms with E-state index in [0.29, 0.717) is 17.8 Å². The van der Waals surface area contributed by atoms with Crippen LogP contribution in [0, 0.1) is 23.2 Å². The summed E-state index contributed by atoms with van der Waals surface area (Å²) in [5.74, 6) is 1.38. The van der Waals surface area contributed by atoms with E-state index in [9.17, 15) is 9.90 Å². The molecule has 0 aliphatic heterocycles. The molecule has 6 aromatic carbocycles. The second-order valence-electron chi connectivity index (χ2n) is 14.5. The molecule has 4 aliphatic rings. The number of carbonyl (C=O) groups is 1. The second kappa shape index (κ2) is 14.2. The predicted molar refractivity (Wildman–Crippen MR) is 203 cm³/mol. The Kier molecular flexibility index (Phi) is 9.17. The van der Waals surface area contributed by atoms with Crippen LogP contribution in [-0.2, 0) is 15.7 Å². The lowest BCUT2D eigenvalue weighted by molar-refractivity contribution is -0.327. The van der Waals surface area contributed by atoms with Gasteiger partial charge in [0.1, 0.15) is 0 Å². The molecule has 50 heavy (non-hydrogen) atoms. The first-order valence-electron chi connectivity index (χ1n) is 18.0. The smallest absolute Gasteiger partial charge is 0.166 e. The monoisotopic (exact) mass is 670 g/mol. The van der Waals surface area contributed by atoms with Crippen molar-refractivity contribution in [3.05, 3.63) is 164 Å². The molecule has 0 saturated heterocycles. The van der Waals surface area contributed by atoms with E-state index in [0.717, 1.165) is 19.3 Å². The number of benzene rings is 6. The van der Waals surface area contributed by atoms with E-state index in [1.165, 1.54) is 67.3 Å². The highest BCUT2D eigenvalue weighted by Crippen LogP contribution is 2.59. The lowest BCUT2D eigenvalue weighted by atomic mass is 9.49. The highest BCUT2D eigenvalue weighted by atomic mass is 32.2. The maximum atomic E-state index is 11.1. The average Bonchev–Trinajstić information content (AvgIpc) is 3.17. The van der Waals surface area contributed by atoms with Gasteiger partial charge in [-0.25, -0.2) is 0 Å². The third-order valence-electron chi connectivity index (χ3n) is 11.1. The normalized spacial score (nSPS) is 21.7. The van der Waals surface area contributed by atoms with Crippen LogP contribution < -0.4 is 5.11 Å². The Morgan fingerprint density at radius 2 is 0.680 bits per heavy atom. The predicted octanol–water partition coefficient (Wildman–Crippen LogP) is 10.7. The molecular weight excluding hydrogens is 629 g/mol. The van der Waals surface area contributed by atoms with Crippen LogP contribution in [0.3, 0.4) is 0 Å². The molecule has 0 unspecified atom stereocenters. The molecule has 0 heterocycles. The summed E-state index contributed by atoms with van der Waals surface area (Å²) in [5.41, 5.74) is 7.06. The van der Waals surface area contributed by atoms with Crippen LogP contribution in [0.15, 0.2) is 178 Å². The van der Waals surface area contributed by atoms with Crippen molar-refractivity contribution in [2.45, 2.75) is 53.2 Å². The quantitative estimate of drug-likeness (QED) is 0.159. The molecule has 2 nitrogen and oxygen atoms in total. The largest absolute Gasteiger partial charge is 0.550 e. The Hall–Kier alpha value is -4.86. The van der Waals surface area contributed by atoms with Crippen molar-refractivity contribution < 1.29 is 9.90 Å². The van der Waals surface area contributed by atoms with Crippen molar-refractivity contribution in [1.82, 2.24) is 0 Å². The minimum Gasteiger partial charge on any atom is -0.550 e. The number of hydrogen-bond acceptors (Lipinski definition) is 2. The Bertz CT molecular complexity index is 1790. The van der Waals surface area contributed by atoms with Crippen LogP contribution >= 0.6 is 0 Å². The van der Waals surface area contributed by atoms with Crippen molar-refractivity contribution in [2.75, 3.05) is 0 Å². The molecule has 4 bridgehead atoms. The third kappa shape index (κ3) is 6.80.